The van der Waals surface area contributed by atoms with E-state index < -0.39 is 0 Å². The van der Waals surface area contributed by atoms with Crippen molar-refractivity contribution in [2.45, 2.75) is 33.9 Å². The Morgan fingerprint density at radius 3 is 2.52 bits per heavy atom. The number of thioether (sulfide) groups is 1. The predicted molar refractivity (Wildman–Crippen MR) is 129 cm³/mol. The summed E-state index contributed by atoms with van der Waals surface area (Å²) in [4.78, 5) is 15.5. The second-order valence-electron chi connectivity index (χ2n) is 8.28. The molecule has 3 aromatic rings. The smallest absolute Gasteiger partial charge is 0.255 e. The number of nitrogens with one attached hydrogen (secondary N) is 1. The molecule has 1 aliphatic rings. The molecule has 6 heteroatoms. The Morgan fingerprint density at radius 1 is 1.00 bits per heavy atom. The summed E-state index contributed by atoms with van der Waals surface area (Å²) in [5.41, 5.74) is 7.05. The van der Waals surface area contributed by atoms with Gasteiger partial charge in [-0.25, -0.2) is 0 Å². The maximum absolute atomic E-state index is 13.0. The topological polar surface area (TPSA) is 50.2 Å². The van der Waals surface area contributed by atoms with Gasteiger partial charge in [0.2, 0.25) is 0 Å². The highest BCUT2D eigenvalue weighted by Crippen LogP contribution is 2.21. The molecule has 0 spiro atoms. The van der Waals surface area contributed by atoms with Crippen LogP contribution in [0.4, 0.5) is 5.69 Å². The summed E-state index contributed by atoms with van der Waals surface area (Å²) in [6.07, 6.45) is 0. The van der Waals surface area contributed by atoms with E-state index in [0.29, 0.717) is 12.1 Å². The Balaban J connectivity index is 1.46. The normalized spacial score (nSPS) is 14.5. The summed E-state index contributed by atoms with van der Waals surface area (Å²) in [7, 11) is 0. The fraction of sp³-hybridized carbons (Fsp3) is 0.360. The zero-order valence-corrected chi connectivity index (χ0v) is 19.3. The Hall–Kier alpha value is -2.57. The van der Waals surface area contributed by atoms with Crippen LogP contribution in [-0.2, 0) is 13.1 Å². The molecule has 1 N–H and O–H groups in total. The van der Waals surface area contributed by atoms with Gasteiger partial charge >= 0.3 is 0 Å². The van der Waals surface area contributed by atoms with Gasteiger partial charge in [-0.3, -0.25) is 14.4 Å². The molecule has 0 saturated carbocycles. The number of benzene rings is 2. The summed E-state index contributed by atoms with van der Waals surface area (Å²) in [6.45, 7) is 9.93. The molecule has 5 nitrogen and oxygen atoms in total. The minimum atomic E-state index is -0.0789. The number of carbonyl (C=O) groups excluding carboxylic acids is 1. The van der Waals surface area contributed by atoms with Crippen molar-refractivity contribution in [3.05, 3.63) is 82.2 Å². The van der Waals surface area contributed by atoms with E-state index in [-0.39, 0.29) is 5.91 Å². The fourth-order valence-corrected chi connectivity index (χ4v) is 4.91. The van der Waals surface area contributed by atoms with Crippen LogP contribution in [0.3, 0.4) is 0 Å². The molecule has 162 valence electrons. The number of aromatic nitrogens is 2. The lowest BCUT2D eigenvalue weighted by Gasteiger charge is -2.26. The van der Waals surface area contributed by atoms with E-state index in [1.54, 1.807) is 0 Å². The van der Waals surface area contributed by atoms with Crippen LogP contribution in [-0.4, -0.2) is 45.2 Å². The van der Waals surface area contributed by atoms with Crippen LogP contribution in [0.5, 0.6) is 0 Å². The van der Waals surface area contributed by atoms with E-state index in [0.717, 1.165) is 47.8 Å². The number of carbonyl (C=O) groups is 1. The second-order valence-corrected chi connectivity index (χ2v) is 9.50. The van der Waals surface area contributed by atoms with Crippen molar-refractivity contribution in [1.29, 1.82) is 0 Å². The van der Waals surface area contributed by atoms with Gasteiger partial charge in [-0.15, -0.1) is 0 Å². The molecule has 1 amide bonds. The molecular formula is C25H30N4OS. The highest BCUT2D eigenvalue weighted by molar-refractivity contribution is 7.99. The zero-order chi connectivity index (χ0) is 21.8. The molecule has 0 radical (unpaired) electrons. The van der Waals surface area contributed by atoms with Gasteiger partial charge < -0.3 is 5.32 Å². The Labute approximate surface area is 188 Å². The summed E-state index contributed by atoms with van der Waals surface area (Å²) in [6, 6.07) is 16.2. The average Bonchev–Trinajstić information content (AvgIpc) is 3.08. The maximum Gasteiger partial charge on any atom is 0.255 e. The lowest BCUT2D eigenvalue weighted by molar-refractivity contribution is 0.102. The minimum absolute atomic E-state index is 0.0789. The molecule has 1 fully saturated rings. The molecule has 2 heterocycles. The number of hydrogen-bond acceptors (Lipinski definition) is 4. The standard InChI is InChI=1S/C25H30N4OS/c1-18-7-8-22(16-28-9-11-31-12-10-28)15-24(18)26-25(30)23-6-4-5-21(14-23)17-29-20(3)13-19(2)27-29/h4-8,13-15H,9-12,16-17H2,1-3H3,(H,26,30). The monoisotopic (exact) mass is 434 g/mol. The SMILES string of the molecule is Cc1cc(C)n(Cc2cccc(C(=O)Nc3cc(CN4CCSCC4)ccc3C)c2)n1. The molecule has 2 aromatic carbocycles. The first kappa shape index (κ1) is 21.7. The molecule has 0 atom stereocenters. The third-order valence-electron chi connectivity index (χ3n) is 5.68. The minimum Gasteiger partial charge on any atom is -0.322 e. The molecule has 1 saturated heterocycles. The number of rotatable bonds is 6. The molecule has 0 aliphatic carbocycles. The number of hydrogen-bond donors (Lipinski definition) is 1. The first-order valence-corrected chi connectivity index (χ1v) is 11.9. The molecule has 31 heavy (non-hydrogen) atoms. The number of amides is 1. The number of anilines is 1. The quantitative estimate of drug-likeness (QED) is 0.613. The van der Waals surface area contributed by atoms with Gasteiger partial charge in [-0.1, -0.05) is 24.3 Å². The maximum atomic E-state index is 13.0. The Kier molecular flexibility index (Phi) is 6.78. The van der Waals surface area contributed by atoms with Crippen molar-refractivity contribution in [2.75, 3.05) is 29.9 Å². The first-order chi connectivity index (χ1) is 15.0. The van der Waals surface area contributed by atoms with Crippen molar-refractivity contribution in [2.24, 2.45) is 0 Å². The van der Waals surface area contributed by atoms with Crippen LogP contribution < -0.4 is 5.32 Å². The van der Waals surface area contributed by atoms with Crippen LogP contribution >= 0.6 is 11.8 Å². The summed E-state index contributed by atoms with van der Waals surface area (Å²) < 4.78 is 1.97. The average molecular weight is 435 g/mol. The van der Waals surface area contributed by atoms with Gasteiger partial charge in [0.25, 0.3) is 5.91 Å². The second kappa shape index (κ2) is 9.71. The summed E-state index contributed by atoms with van der Waals surface area (Å²) in [5.74, 6) is 2.32. The van der Waals surface area contributed by atoms with Crippen LogP contribution in [0.15, 0.2) is 48.5 Å². The van der Waals surface area contributed by atoms with Crippen LogP contribution in [0.2, 0.25) is 0 Å². The van der Waals surface area contributed by atoms with Crippen molar-refractivity contribution in [3.63, 3.8) is 0 Å². The van der Waals surface area contributed by atoms with Gasteiger partial charge in [-0.05, 0) is 61.7 Å². The zero-order valence-electron chi connectivity index (χ0n) is 18.5. The van der Waals surface area contributed by atoms with Gasteiger partial charge in [0, 0.05) is 48.1 Å². The third kappa shape index (κ3) is 5.57. The van der Waals surface area contributed by atoms with Gasteiger partial charge in [0.05, 0.1) is 12.2 Å². The van der Waals surface area contributed by atoms with E-state index in [4.69, 9.17) is 0 Å². The van der Waals surface area contributed by atoms with Crippen molar-refractivity contribution in [1.82, 2.24) is 14.7 Å². The van der Waals surface area contributed by atoms with Gasteiger partial charge in [0.15, 0.2) is 0 Å². The molecule has 1 aliphatic heterocycles. The van der Waals surface area contributed by atoms with Crippen molar-refractivity contribution < 1.29 is 4.79 Å². The lowest BCUT2D eigenvalue weighted by Crippen LogP contribution is -2.32. The van der Waals surface area contributed by atoms with Crippen LogP contribution in [0.1, 0.15) is 38.4 Å². The molecule has 1 aromatic heterocycles. The van der Waals surface area contributed by atoms with E-state index in [9.17, 15) is 4.79 Å². The van der Waals surface area contributed by atoms with Gasteiger partial charge in [-0.2, -0.15) is 16.9 Å². The number of aryl methyl sites for hydroxylation is 3. The summed E-state index contributed by atoms with van der Waals surface area (Å²) in [5, 5.41) is 7.65. The lowest BCUT2D eigenvalue weighted by atomic mass is 10.1. The van der Waals surface area contributed by atoms with E-state index in [1.807, 2.05) is 54.6 Å². The van der Waals surface area contributed by atoms with Gasteiger partial charge in [0.1, 0.15) is 0 Å². The number of nitrogens with zero attached hydrogens (tertiary/aromatic N) is 3. The predicted octanol–water partition coefficient (Wildman–Crippen LogP) is 4.66. The molecule has 4 rings (SSSR count). The van der Waals surface area contributed by atoms with Crippen LogP contribution in [0, 0.1) is 20.8 Å². The van der Waals surface area contributed by atoms with E-state index in [1.165, 1.54) is 17.1 Å². The molecule has 0 bridgehead atoms. The molecule has 0 unspecified atom stereocenters. The van der Waals surface area contributed by atoms with Crippen LogP contribution in [0.25, 0.3) is 0 Å². The Morgan fingerprint density at radius 2 is 1.77 bits per heavy atom. The van der Waals surface area contributed by atoms with Crippen molar-refractivity contribution >= 4 is 23.4 Å². The highest BCUT2D eigenvalue weighted by Gasteiger charge is 2.13. The highest BCUT2D eigenvalue weighted by atomic mass is 32.2. The third-order valence-corrected chi connectivity index (χ3v) is 6.63. The Bertz CT molecular complexity index is 1070. The van der Waals surface area contributed by atoms with E-state index >= 15 is 0 Å². The fourth-order valence-electron chi connectivity index (χ4n) is 3.93. The van der Waals surface area contributed by atoms with Crippen molar-refractivity contribution in [3.8, 4) is 0 Å². The summed E-state index contributed by atoms with van der Waals surface area (Å²) >= 11 is 2.02. The van der Waals surface area contributed by atoms with E-state index in [2.05, 4.69) is 46.5 Å². The largest absolute Gasteiger partial charge is 0.322 e. The molecular weight excluding hydrogens is 404 g/mol. The first-order valence-electron chi connectivity index (χ1n) is 10.8.